The van der Waals surface area contributed by atoms with Crippen molar-refractivity contribution in [2.24, 2.45) is 12.8 Å². The molecule has 4 aromatic rings. The fraction of sp³-hybridized carbons (Fsp3) is 0.148. The Kier molecular flexibility index (Phi) is 7.54. The van der Waals surface area contributed by atoms with Gasteiger partial charge in [-0.05, 0) is 40.5 Å². The summed E-state index contributed by atoms with van der Waals surface area (Å²) >= 11 is 0. The molecule has 4 N–H and O–H groups in total. The normalized spacial score (nSPS) is 11.5. The number of aryl methyl sites for hydroxylation is 1. The Labute approximate surface area is 203 Å². The number of hydrogen-bond acceptors (Lipinski definition) is 5. The summed E-state index contributed by atoms with van der Waals surface area (Å²) in [5, 5.41) is 9.81. The number of carbonyl (C=O) groups excluding carboxylic acids is 2. The van der Waals surface area contributed by atoms with E-state index in [0.717, 1.165) is 22.3 Å². The third-order valence-electron chi connectivity index (χ3n) is 5.43. The molecule has 0 radical (unpaired) electrons. The molecule has 35 heavy (non-hydrogen) atoms. The van der Waals surface area contributed by atoms with E-state index >= 15 is 0 Å². The second kappa shape index (κ2) is 11.1. The fourth-order valence-corrected chi connectivity index (χ4v) is 3.64. The van der Waals surface area contributed by atoms with Crippen molar-refractivity contribution in [2.45, 2.75) is 19.2 Å². The summed E-state index contributed by atoms with van der Waals surface area (Å²) in [6.07, 6.45) is 2.93. The molecule has 0 unspecified atom stereocenters. The Morgan fingerprint density at radius 3 is 2.49 bits per heavy atom. The van der Waals surface area contributed by atoms with Crippen LogP contribution in [0.3, 0.4) is 0 Å². The highest BCUT2D eigenvalue weighted by atomic mass is 16.5. The average molecular weight is 470 g/mol. The first-order valence-electron chi connectivity index (χ1n) is 11.2. The summed E-state index contributed by atoms with van der Waals surface area (Å²) in [4.78, 5) is 26.0. The lowest BCUT2D eigenvalue weighted by atomic mass is 10.0. The molecule has 0 aliphatic carbocycles. The minimum Gasteiger partial charge on any atom is -0.445 e. The number of ether oxygens (including phenoxy) is 1. The number of aromatic nitrogens is 2. The number of amides is 2. The first kappa shape index (κ1) is 23.7. The van der Waals surface area contributed by atoms with E-state index in [0.29, 0.717) is 17.8 Å². The number of nitrogens with one attached hydrogen (secondary N) is 2. The monoisotopic (exact) mass is 469 g/mol. The van der Waals surface area contributed by atoms with Crippen LogP contribution in [0, 0.1) is 0 Å². The Bertz CT molecular complexity index is 1300. The molecule has 2 amide bonds. The maximum absolute atomic E-state index is 13.3. The zero-order valence-electron chi connectivity index (χ0n) is 19.3. The van der Waals surface area contributed by atoms with Gasteiger partial charge in [0.2, 0.25) is 0 Å². The largest absolute Gasteiger partial charge is 0.445 e. The summed E-state index contributed by atoms with van der Waals surface area (Å²) in [6.45, 7) is 0.444. The second-order valence-electron chi connectivity index (χ2n) is 8.06. The van der Waals surface area contributed by atoms with Gasteiger partial charge in [-0.3, -0.25) is 9.48 Å². The maximum Gasteiger partial charge on any atom is 0.408 e. The molecule has 8 heteroatoms. The van der Waals surface area contributed by atoms with E-state index < -0.39 is 18.0 Å². The molecule has 8 nitrogen and oxygen atoms in total. The molecule has 0 aliphatic heterocycles. The van der Waals surface area contributed by atoms with Gasteiger partial charge in [-0.1, -0.05) is 60.7 Å². The van der Waals surface area contributed by atoms with E-state index in [1.54, 1.807) is 29.1 Å². The van der Waals surface area contributed by atoms with E-state index in [-0.39, 0.29) is 6.61 Å². The van der Waals surface area contributed by atoms with Crippen LogP contribution in [0.4, 0.5) is 10.5 Å². The molecule has 1 aromatic heterocycles. The first-order valence-corrected chi connectivity index (χ1v) is 11.2. The van der Waals surface area contributed by atoms with Gasteiger partial charge in [0.05, 0.1) is 6.20 Å². The predicted octanol–water partition coefficient (Wildman–Crippen LogP) is 4.15. The number of alkyl carbamates (subject to hydrolysis) is 1. The predicted molar refractivity (Wildman–Crippen MR) is 134 cm³/mol. The Morgan fingerprint density at radius 1 is 0.971 bits per heavy atom. The molecular weight excluding hydrogens is 442 g/mol. The lowest BCUT2D eigenvalue weighted by Crippen LogP contribution is -2.37. The van der Waals surface area contributed by atoms with Crippen molar-refractivity contribution in [3.8, 4) is 11.1 Å². The van der Waals surface area contributed by atoms with Crippen molar-refractivity contribution < 1.29 is 14.3 Å². The number of benzene rings is 3. The number of hydrogen-bond donors (Lipinski definition) is 3. The van der Waals surface area contributed by atoms with E-state index in [4.69, 9.17) is 10.5 Å². The van der Waals surface area contributed by atoms with E-state index in [1.165, 1.54) is 0 Å². The van der Waals surface area contributed by atoms with Crippen molar-refractivity contribution in [1.29, 1.82) is 0 Å². The number of nitrogens with zero attached hydrogens (tertiary/aromatic N) is 2. The van der Waals surface area contributed by atoms with Gasteiger partial charge in [-0.25, -0.2) is 4.79 Å². The number of anilines is 1. The maximum atomic E-state index is 13.3. The van der Waals surface area contributed by atoms with Crippen molar-refractivity contribution in [1.82, 2.24) is 15.1 Å². The van der Waals surface area contributed by atoms with Gasteiger partial charge in [0, 0.05) is 31.0 Å². The summed E-state index contributed by atoms with van der Waals surface area (Å²) in [6, 6.07) is 23.0. The lowest BCUT2D eigenvalue weighted by molar-refractivity contribution is -0.118. The SMILES string of the molecule is Cn1cc(-c2cccc([C@H](NC(=O)OCc3ccccc3)C(=O)Nc3cccc(CN)c3)c2)cn1. The Morgan fingerprint density at radius 2 is 1.74 bits per heavy atom. The molecule has 1 heterocycles. The third-order valence-corrected chi connectivity index (χ3v) is 5.43. The molecule has 3 aromatic carbocycles. The molecule has 0 spiro atoms. The molecule has 0 aliphatic rings. The first-order chi connectivity index (χ1) is 17.0. The van der Waals surface area contributed by atoms with Crippen LogP contribution >= 0.6 is 0 Å². The average Bonchev–Trinajstić information content (AvgIpc) is 3.33. The lowest BCUT2D eigenvalue weighted by Gasteiger charge is -2.20. The quantitative estimate of drug-likeness (QED) is 0.359. The minimum absolute atomic E-state index is 0.0925. The molecule has 178 valence electrons. The fourth-order valence-electron chi connectivity index (χ4n) is 3.64. The third kappa shape index (κ3) is 6.33. The van der Waals surface area contributed by atoms with Crippen molar-refractivity contribution in [3.63, 3.8) is 0 Å². The van der Waals surface area contributed by atoms with Gasteiger partial charge in [0.25, 0.3) is 5.91 Å². The molecule has 0 saturated carbocycles. The zero-order chi connectivity index (χ0) is 24.6. The molecule has 0 saturated heterocycles. The van der Waals surface area contributed by atoms with Gasteiger partial charge < -0.3 is 21.1 Å². The molecule has 4 rings (SSSR count). The van der Waals surface area contributed by atoms with Crippen LogP contribution in [0.15, 0.2) is 91.3 Å². The van der Waals surface area contributed by atoms with Crippen LogP contribution in [0.25, 0.3) is 11.1 Å². The highest BCUT2D eigenvalue weighted by Gasteiger charge is 2.24. The Hall–Kier alpha value is -4.43. The topological polar surface area (TPSA) is 111 Å². The van der Waals surface area contributed by atoms with E-state index in [1.807, 2.05) is 73.9 Å². The summed E-state index contributed by atoms with van der Waals surface area (Å²) in [7, 11) is 1.84. The van der Waals surface area contributed by atoms with Crippen LogP contribution in [0.1, 0.15) is 22.7 Å². The number of rotatable bonds is 8. The van der Waals surface area contributed by atoms with Crippen molar-refractivity contribution in [3.05, 3.63) is 108 Å². The van der Waals surface area contributed by atoms with Gasteiger partial charge in [0.1, 0.15) is 12.6 Å². The summed E-state index contributed by atoms with van der Waals surface area (Å²) in [5.41, 5.74) is 10.4. The molecule has 1 atom stereocenters. The van der Waals surface area contributed by atoms with Gasteiger partial charge in [0.15, 0.2) is 0 Å². The minimum atomic E-state index is -0.989. The molecule has 0 bridgehead atoms. The second-order valence-corrected chi connectivity index (χ2v) is 8.06. The summed E-state index contributed by atoms with van der Waals surface area (Å²) in [5.74, 6) is -0.404. The molecular formula is C27H27N5O3. The van der Waals surface area contributed by atoms with Crippen LogP contribution in [0.5, 0.6) is 0 Å². The number of carbonyl (C=O) groups is 2. The summed E-state index contributed by atoms with van der Waals surface area (Å²) < 4.78 is 7.08. The molecule has 0 fully saturated rings. The van der Waals surface area contributed by atoms with E-state index in [2.05, 4.69) is 15.7 Å². The Balaban J connectivity index is 1.57. The van der Waals surface area contributed by atoms with Crippen LogP contribution in [0.2, 0.25) is 0 Å². The van der Waals surface area contributed by atoms with Crippen LogP contribution < -0.4 is 16.4 Å². The number of nitrogens with two attached hydrogens (primary N) is 1. The highest BCUT2D eigenvalue weighted by molar-refractivity contribution is 5.97. The van der Waals surface area contributed by atoms with Crippen LogP contribution in [-0.2, 0) is 29.7 Å². The van der Waals surface area contributed by atoms with Gasteiger partial charge >= 0.3 is 6.09 Å². The smallest absolute Gasteiger partial charge is 0.408 e. The highest BCUT2D eigenvalue weighted by Crippen LogP contribution is 2.24. The van der Waals surface area contributed by atoms with Crippen molar-refractivity contribution >= 4 is 17.7 Å². The van der Waals surface area contributed by atoms with Gasteiger partial charge in [-0.2, -0.15) is 5.10 Å². The standard InChI is InChI=1S/C27H27N5O3/c1-32-17-23(16-29-32)21-10-6-11-22(14-21)25(26(33)30-24-12-5-9-20(13-24)15-28)31-27(34)35-18-19-7-3-2-4-8-19/h2-14,16-17,25H,15,18,28H2,1H3,(H,30,33)(H,31,34)/t25-/m0/s1. The van der Waals surface area contributed by atoms with Gasteiger partial charge in [-0.15, -0.1) is 0 Å². The van der Waals surface area contributed by atoms with Crippen molar-refractivity contribution in [2.75, 3.05) is 5.32 Å². The zero-order valence-corrected chi connectivity index (χ0v) is 19.3. The van der Waals surface area contributed by atoms with E-state index in [9.17, 15) is 9.59 Å². The van der Waals surface area contributed by atoms with Crippen LogP contribution in [-0.4, -0.2) is 21.8 Å².